The number of nitrogens with two attached hydrogens (primary N) is 1. The van der Waals surface area contributed by atoms with E-state index in [0.717, 1.165) is 11.1 Å². The number of hydrogen-bond acceptors (Lipinski definition) is 7. The molecule has 0 aromatic heterocycles. The average molecular weight is 686 g/mol. The zero-order valence-electron chi connectivity index (χ0n) is 28.8. The molecule has 0 heterocycles. The summed E-state index contributed by atoms with van der Waals surface area (Å²) in [5.41, 5.74) is 7.65. The molecule has 0 fully saturated rings. The second-order valence-corrected chi connectivity index (χ2v) is 12.9. The van der Waals surface area contributed by atoms with Crippen molar-refractivity contribution in [2.45, 2.75) is 71.1 Å². The molecule has 8 N–H and O–H groups in total. The summed E-state index contributed by atoms with van der Waals surface area (Å²) in [5.74, 6) is -4.18. The van der Waals surface area contributed by atoms with Gasteiger partial charge in [0.15, 0.2) is 11.5 Å². The number of carbonyl (C=O) groups excluding carboxylic acids is 5. The van der Waals surface area contributed by atoms with E-state index in [9.17, 15) is 34.2 Å². The Morgan fingerprint density at radius 3 is 1.72 bits per heavy atom. The summed E-state index contributed by atoms with van der Waals surface area (Å²) in [6.45, 7) is 7.26. The van der Waals surface area contributed by atoms with Crippen molar-refractivity contribution in [1.29, 1.82) is 0 Å². The Morgan fingerprint density at radius 1 is 0.660 bits per heavy atom. The van der Waals surface area contributed by atoms with Crippen LogP contribution in [0.3, 0.4) is 0 Å². The second kappa shape index (κ2) is 18.8. The van der Waals surface area contributed by atoms with Crippen LogP contribution in [0, 0.1) is 11.8 Å². The van der Waals surface area contributed by atoms with Gasteiger partial charge in [-0.1, -0.05) is 94.4 Å². The lowest BCUT2D eigenvalue weighted by molar-refractivity contribution is -0.135. The fourth-order valence-electron chi connectivity index (χ4n) is 5.19. The minimum absolute atomic E-state index is 0.00318. The van der Waals surface area contributed by atoms with E-state index in [2.05, 4.69) is 21.3 Å². The van der Waals surface area contributed by atoms with E-state index in [-0.39, 0.29) is 36.7 Å². The number of amides is 5. The van der Waals surface area contributed by atoms with E-state index < -0.39 is 59.6 Å². The van der Waals surface area contributed by atoms with Crippen LogP contribution in [0.5, 0.6) is 11.5 Å². The Hall–Kier alpha value is -5.65. The molecule has 0 saturated heterocycles. The van der Waals surface area contributed by atoms with Crippen LogP contribution in [0.4, 0.5) is 0 Å². The van der Waals surface area contributed by atoms with Crippen LogP contribution >= 0.6 is 0 Å². The summed E-state index contributed by atoms with van der Waals surface area (Å²) >= 11 is 0. The highest BCUT2D eigenvalue weighted by Gasteiger charge is 2.32. The molecular weight excluding hydrogens is 638 g/mol. The van der Waals surface area contributed by atoms with E-state index >= 15 is 0 Å². The fraction of sp³-hybridized carbons (Fsp3) is 0.342. The minimum Gasteiger partial charge on any atom is -0.504 e. The van der Waals surface area contributed by atoms with Gasteiger partial charge in [-0.15, -0.1) is 0 Å². The molecule has 0 radical (unpaired) electrons. The lowest BCUT2D eigenvalue weighted by Crippen LogP contribution is -2.60. The zero-order chi connectivity index (χ0) is 36.8. The summed E-state index contributed by atoms with van der Waals surface area (Å²) in [5, 5.41) is 30.1. The molecule has 3 rings (SSSR count). The first kappa shape index (κ1) is 38.8. The minimum atomic E-state index is -1.11. The molecule has 50 heavy (non-hydrogen) atoms. The van der Waals surface area contributed by atoms with E-state index in [4.69, 9.17) is 5.73 Å². The molecule has 266 valence electrons. The molecule has 4 atom stereocenters. The van der Waals surface area contributed by atoms with Gasteiger partial charge >= 0.3 is 0 Å². The number of phenolic OH excluding ortho intramolecular Hbond substituents is 2. The first-order valence-corrected chi connectivity index (χ1v) is 16.5. The van der Waals surface area contributed by atoms with Crippen LogP contribution in [0.2, 0.25) is 0 Å². The smallest absolute Gasteiger partial charge is 0.244 e. The van der Waals surface area contributed by atoms with Gasteiger partial charge in [0.2, 0.25) is 29.5 Å². The number of nitrogens with one attached hydrogen (secondary N) is 4. The van der Waals surface area contributed by atoms with Crippen LogP contribution in [-0.2, 0) is 36.8 Å². The molecule has 0 aliphatic heterocycles. The van der Waals surface area contributed by atoms with Crippen molar-refractivity contribution in [3.8, 4) is 11.5 Å². The summed E-state index contributed by atoms with van der Waals surface area (Å²) < 4.78 is 0. The highest BCUT2D eigenvalue weighted by atomic mass is 16.3. The molecule has 0 spiro atoms. The molecule has 3 aromatic rings. The van der Waals surface area contributed by atoms with Gasteiger partial charge in [0.25, 0.3) is 0 Å². The van der Waals surface area contributed by atoms with E-state index in [1.54, 1.807) is 26.0 Å². The maximum atomic E-state index is 13.8. The first-order chi connectivity index (χ1) is 23.7. The third-order valence-electron chi connectivity index (χ3n) is 7.87. The van der Waals surface area contributed by atoms with Gasteiger partial charge in [-0.05, 0) is 53.2 Å². The third kappa shape index (κ3) is 12.4. The Morgan fingerprint density at radius 2 is 1.20 bits per heavy atom. The molecule has 0 bridgehead atoms. The van der Waals surface area contributed by atoms with Crippen molar-refractivity contribution >= 4 is 35.6 Å². The molecule has 12 heteroatoms. The number of primary amides is 1. The predicted molar refractivity (Wildman–Crippen MR) is 190 cm³/mol. The normalized spacial score (nSPS) is 13.6. The monoisotopic (exact) mass is 685 g/mol. The molecule has 5 amide bonds. The van der Waals surface area contributed by atoms with Gasteiger partial charge in [0.05, 0.1) is 0 Å². The van der Waals surface area contributed by atoms with Gasteiger partial charge in [0.1, 0.15) is 24.2 Å². The van der Waals surface area contributed by atoms with E-state index in [0.29, 0.717) is 5.56 Å². The predicted octanol–water partition coefficient (Wildman–Crippen LogP) is 2.72. The summed E-state index contributed by atoms with van der Waals surface area (Å²) in [7, 11) is 0. The van der Waals surface area contributed by atoms with Crippen molar-refractivity contribution < 1.29 is 34.2 Å². The molecule has 12 nitrogen and oxygen atoms in total. The van der Waals surface area contributed by atoms with Gasteiger partial charge < -0.3 is 37.2 Å². The number of benzene rings is 3. The van der Waals surface area contributed by atoms with Gasteiger partial charge in [-0.2, -0.15) is 0 Å². The Bertz CT molecular complexity index is 1640. The van der Waals surface area contributed by atoms with Crippen molar-refractivity contribution in [2.75, 3.05) is 0 Å². The van der Waals surface area contributed by atoms with Gasteiger partial charge in [-0.3, -0.25) is 24.0 Å². The van der Waals surface area contributed by atoms with Gasteiger partial charge in [-0.25, -0.2) is 0 Å². The quantitative estimate of drug-likeness (QED) is 0.0837. The van der Waals surface area contributed by atoms with Crippen LogP contribution in [0.25, 0.3) is 6.08 Å². The van der Waals surface area contributed by atoms with Crippen LogP contribution < -0.4 is 27.0 Å². The number of hydrogen-bond donors (Lipinski definition) is 7. The molecule has 0 aliphatic carbocycles. The lowest BCUT2D eigenvalue weighted by Gasteiger charge is -2.28. The SMILES string of the molecule is CC(C)C[C@@H](NC(=O)/C=C/c1ccc(O)c(O)c1)C(=O)N[C@@H](C(=O)N[C@H](Cc1ccccc1)C(=O)N[C@H](Cc1ccccc1)C(N)=O)C(C)C. The van der Waals surface area contributed by atoms with Crippen molar-refractivity contribution in [2.24, 2.45) is 17.6 Å². The standard InChI is InChI=1S/C38H47N5O7/c1-23(2)19-29(40-33(46)18-16-27-15-17-31(44)32(45)22-27)37(49)43-34(24(3)4)38(50)42-30(21-26-13-9-6-10-14-26)36(48)41-28(35(39)47)20-25-11-7-5-8-12-25/h5-18,22-24,28-30,34,44-45H,19-21H2,1-4H3,(H2,39,47)(H,40,46)(H,41,48)(H,42,50)(H,43,49)/b18-16+/t28-,29-,30-,34-/m1/s1. The topological polar surface area (TPSA) is 200 Å². The van der Waals surface area contributed by atoms with Crippen LogP contribution in [-0.4, -0.2) is 63.9 Å². The van der Waals surface area contributed by atoms with Crippen molar-refractivity contribution in [3.05, 3.63) is 102 Å². The van der Waals surface area contributed by atoms with Crippen LogP contribution in [0.15, 0.2) is 84.9 Å². The van der Waals surface area contributed by atoms with Crippen molar-refractivity contribution in [3.63, 3.8) is 0 Å². The molecule has 0 unspecified atom stereocenters. The number of carbonyl (C=O) groups is 5. The number of phenols is 2. The number of rotatable bonds is 17. The maximum Gasteiger partial charge on any atom is 0.244 e. The highest BCUT2D eigenvalue weighted by molar-refractivity contribution is 5.98. The Labute approximate surface area is 292 Å². The number of aromatic hydroxyl groups is 2. The fourth-order valence-corrected chi connectivity index (χ4v) is 5.19. The molecule has 0 saturated carbocycles. The summed E-state index contributed by atoms with van der Waals surface area (Å²) in [4.78, 5) is 66.2. The second-order valence-electron chi connectivity index (χ2n) is 12.9. The lowest BCUT2D eigenvalue weighted by atomic mass is 9.98. The Kier molecular flexibility index (Phi) is 14.6. The van der Waals surface area contributed by atoms with Crippen molar-refractivity contribution in [1.82, 2.24) is 21.3 Å². The molecular formula is C38H47N5O7. The average Bonchev–Trinajstić information content (AvgIpc) is 3.07. The molecule has 3 aromatic carbocycles. The highest BCUT2D eigenvalue weighted by Crippen LogP contribution is 2.25. The first-order valence-electron chi connectivity index (χ1n) is 16.5. The Balaban J connectivity index is 1.77. The van der Waals surface area contributed by atoms with E-state index in [1.165, 1.54) is 30.4 Å². The zero-order valence-corrected chi connectivity index (χ0v) is 28.8. The summed E-state index contributed by atoms with van der Waals surface area (Å²) in [6.07, 6.45) is 3.15. The molecule has 0 aliphatic rings. The van der Waals surface area contributed by atoms with Gasteiger partial charge in [0, 0.05) is 18.9 Å². The third-order valence-corrected chi connectivity index (χ3v) is 7.87. The maximum absolute atomic E-state index is 13.8. The summed E-state index contributed by atoms with van der Waals surface area (Å²) in [6, 6.07) is 18.0. The van der Waals surface area contributed by atoms with E-state index in [1.807, 2.05) is 62.4 Å². The largest absolute Gasteiger partial charge is 0.504 e. The van der Waals surface area contributed by atoms with Crippen LogP contribution in [0.1, 0.15) is 50.8 Å².